The maximum atomic E-state index is 13.0. The van der Waals surface area contributed by atoms with E-state index in [1.165, 1.54) is 18.2 Å². The molecule has 3 aromatic rings. The maximum absolute atomic E-state index is 13.0. The highest BCUT2D eigenvalue weighted by atomic mass is 32.2. The monoisotopic (exact) mass is 437 g/mol. The van der Waals surface area contributed by atoms with Crippen molar-refractivity contribution < 1.29 is 26.5 Å². The third-order valence-electron chi connectivity index (χ3n) is 4.49. The van der Waals surface area contributed by atoms with Crippen LogP contribution in [-0.2, 0) is 19.6 Å². The fourth-order valence-electron chi connectivity index (χ4n) is 2.89. The number of esters is 1. The predicted octanol–water partition coefficient (Wildman–Crippen LogP) is 4.25. The minimum atomic E-state index is -4.09. The van der Waals surface area contributed by atoms with Crippen molar-refractivity contribution >= 4 is 28.1 Å². The summed E-state index contributed by atoms with van der Waals surface area (Å²) in [5, 5.41) is 0. The molecule has 1 aliphatic rings. The summed E-state index contributed by atoms with van der Waals surface area (Å²) in [5.74, 6) is -0.809. The number of cyclic esters (lactones) is 1. The summed E-state index contributed by atoms with van der Waals surface area (Å²) in [6.45, 7) is 1.89. The molecule has 156 valence electrons. The molecule has 8 heteroatoms. The number of carbonyl (C=O) groups excluding carboxylic acids is 1. The van der Waals surface area contributed by atoms with E-state index >= 15 is 0 Å². The van der Waals surface area contributed by atoms with Crippen LogP contribution in [0.25, 0.3) is 6.08 Å². The summed E-state index contributed by atoms with van der Waals surface area (Å²) in [4.78, 5) is 16.3. The summed E-state index contributed by atoms with van der Waals surface area (Å²) < 4.78 is 47.9. The smallest absolute Gasteiger partial charge is 0.363 e. The van der Waals surface area contributed by atoms with Crippen molar-refractivity contribution in [2.45, 2.75) is 11.8 Å². The molecule has 31 heavy (non-hydrogen) atoms. The Balaban J connectivity index is 1.53. The van der Waals surface area contributed by atoms with Gasteiger partial charge in [0.25, 0.3) is 0 Å². The lowest BCUT2D eigenvalue weighted by Crippen LogP contribution is -2.09. The number of rotatable bonds is 5. The molecule has 0 radical (unpaired) electrons. The summed E-state index contributed by atoms with van der Waals surface area (Å²) >= 11 is 0. The first kappa shape index (κ1) is 20.5. The Labute approximate surface area is 178 Å². The normalized spacial score (nSPS) is 15.0. The van der Waals surface area contributed by atoms with Gasteiger partial charge in [0.1, 0.15) is 16.5 Å². The Morgan fingerprint density at radius 2 is 1.65 bits per heavy atom. The number of halogens is 1. The first-order valence-electron chi connectivity index (χ1n) is 9.20. The van der Waals surface area contributed by atoms with Crippen molar-refractivity contribution in [3.05, 3.63) is 101 Å². The minimum Gasteiger partial charge on any atom is -0.402 e. The second-order valence-corrected chi connectivity index (χ2v) is 8.26. The molecular formula is C23H16FNO5S. The molecule has 0 aromatic heterocycles. The molecule has 6 nitrogen and oxygen atoms in total. The van der Waals surface area contributed by atoms with Crippen LogP contribution in [0, 0.1) is 12.7 Å². The van der Waals surface area contributed by atoms with Crippen LogP contribution in [0.2, 0.25) is 0 Å². The summed E-state index contributed by atoms with van der Waals surface area (Å²) in [6, 6.07) is 17.8. The van der Waals surface area contributed by atoms with Gasteiger partial charge < -0.3 is 8.92 Å². The van der Waals surface area contributed by atoms with Crippen molar-refractivity contribution in [1.82, 2.24) is 0 Å². The highest BCUT2D eigenvalue weighted by molar-refractivity contribution is 7.87. The van der Waals surface area contributed by atoms with Gasteiger partial charge in [-0.2, -0.15) is 8.42 Å². The molecule has 0 atom stereocenters. The van der Waals surface area contributed by atoms with Crippen molar-refractivity contribution in [2.24, 2.45) is 4.99 Å². The van der Waals surface area contributed by atoms with Crippen molar-refractivity contribution in [3.8, 4) is 5.75 Å². The van der Waals surface area contributed by atoms with Crippen LogP contribution in [0.15, 0.2) is 88.4 Å². The van der Waals surface area contributed by atoms with Crippen LogP contribution in [0.5, 0.6) is 5.75 Å². The molecule has 0 bridgehead atoms. The molecule has 1 aliphatic heterocycles. The zero-order valence-electron chi connectivity index (χ0n) is 16.3. The molecule has 0 spiro atoms. The lowest BCUT2D eigenvalue weighted by molar-refractivity contribution is -0.129. The van der Waals surface area contributed by atoms with Gasteiger partial charge >= 0.3 is 16.1 Å². The maximum Gasteiger partial charge on any atom is 0.363 e. The van der Waals surface area contributed by atoms with E-state index in [0.717, 1.165) is 35.4 Å². The lowest BCUT2D eigenvalue weighted by atomic mass is 10.1. The van der Waals surface area contributed by atoms with E-state index in [-0.39, 0.29) is 22.2 Å². The topological polar surface area (TPSA) is 82.0 Å². The van der Waals surface area contributed by atoms with Gasteiger partial charge in [0.15, 0.2) is 5.70 Å². The fourth-order valence-corrected chi connectivity index (χ4v) is 3.82. The summed E-state index contributed by atoms with van der Waals surface area (Å²) in [7, 11) is -4.09. The van der Waals surface area contributed by atoms with Crippen LogP contribution in [0.3, 0.4) is 0 Å². The van der Waals surface area contributed by atoms with E-state index < -0.39 is 21.9 Å². The predicted molar refractivity (Wildman–Crippen MR) is 112 cm³/mol. The minimum absolute atomic E-state index is 0.0737. The Morgan fingerprint density at radius 1 is 0.968 bits per heavy atom. The largest absolute Gasteiger partial charge is 0.402 e. The first-order valence-corrected chi connectivity index (χ1v) is 10.6. The molecule has 0 saturated carbocycles. The quantitative estimate of drug-likeness (QED) is 0.339. The Hall–Kier alpha value is -3.78. The Bertz CT molecular complexity index is 1310. The van der Waals surface area contributed by atoms with E-state index in [9.17, 15) is 17.6 Å². The van der Waals surface area contributed by atoms with Gasteiger partial charge in [-0.3, -0.25) is 0 Å². The zero-order valence-corrected chi connectivity index (χ0v) is 17.1. The molecule has 0 amide bonds. The first-order chi connectivity index (χ1) is 14.8. The van der Waals surface area contributed by atoms with Crippen molar-refractivity contribution in [3.63, 3.8) is 0 Å². The Kier molecular flexibility index (Phi) is 5.39. The van der Waals surface area contributed by atoms with E-state index in [0.29, 0.717) is 5.56 Å². The van der Waals surface area contributed by atoms with Gasteiger partial charge in [0.05, 0.1) is 0 Å². The second kappa shape index (κ2) is 8.16. The van der Waals surface area contributed by atoms with Gasteiger partial charge in [-0.1, -0.05) is 30.3 Å². The van der Waals surface area contributed by atoms with E-state index in [1.54, 1.807) is 12.1 Å². The van der Waals surface area contributed by atoms with Crippen LogP contribution < -0.4 is 4.18 Å². The molecule has 3 aromatic carbocycles. The van der Waals surface area contributed by atoms with E-state index in [2.05, 4.69) is 4.99 Å². The zero-order chi connectivity index (χ0) is 22.0. The molecule has 0 N–H and O–H groups in total. The van der Waals surface area contributed by atoms with Gasteiger partial charge in [-0.05, 0) is 66.6 Å². The van der Waals surface area contributed by atoms with Crippen LogP contribution >= 0.6 is 0 Å². The Morgan fingerprint density at radius 3 is 2.32 bits per heavy atom. The number of benzene rings is 3. The molecule has 0 unspecified atom stereocenters. The van der Waals surface area contributed by atoms with Gasteiger partial charge in [-0.15, -0.1) is 0 Å². The molecule has 0 aliphatic carbocycles. The number of aryl methyl sites for hydroxylation is 1. The lowest BCUT2D eigenvalue weighted by Gasteiger charge is -2.07. The second-order valence-electron chi connectivity index (χ2n) is 6.71. The van der Waals surface area contributed by atoms with E-state index in [4.69, 9.17) is 8.92 Å². The third kappa shape index (κ3) is 4.54. The number of carbonyl (C=O) groups is 1. The highest BCUT2D eigenvalue weighted by Crippen LogP contribution is 2.23. The number of hydrogen-bond acceptors (Lipinski definition) is 6. The SMILES string of the molecule is Cc1ccccc1C1=N/C(=C\c2ccc(OS(=O)(=O)c3ccc(F)cc3)cc2)C(=O)O1. The third-order valence-corrected chi connectivity index (χ3v) is 5.75. The fraction of sp³-hybridized carbons (Fsp3) is 0.0435. The number of aliphatic imine (C=N–C) groups is 1. The molecular weight excluding hydrogens is 421 g/mol. The van der Waals surface area contributed by atoms with Gasteiger partial charge in [0, 0.05) is 5.56 Å². The van der Waals surface area contributed by atoms with Crippen LogP contribution in [0.1, 0.15) is 16.7 Å². The molecule has 0 saturated heterocycles. The van der Waals surface area contributed by atoms with Crippen LogP contribution in [0.4, 0.5) is 4.39 Å². The van der Waals surface area contributed by atoms with Gasteiger partial charge in [-0.25, -0.2) is 14.2 Å². The van der Waals surface area contributed by atoms with Crippen molar-refractivity contribution in [1.29, 1.82) is 0 Å². The van der Waals surface area contributed by atoms with Gasteiger partial charge in [0.2, 0.25) is 5.90 Å². The number of nitrogens with zero attached hydrogens (tertiary/aromatic N) is 1. The summed E-state index contributed by atoms with van der Waals surface area (Å²) in [5.41, 5.74) is 2.40. The van der Waals surface area contributed by atoms with E-state index in [1.807, 2.05) is 31.2 Å². The number of ether oxygens (including phenoxy) is 1. The summed E-state index contributed by atoms with van der Waals surface area (Å²) in [6.07, 6.45) is 1.53. The highest BCUT2D eigenvalue weighted by Gasteiger charge is 2.25. The standard InChI is InChI=1S/C23H16FNO5S/c1-15-4-2-3-5-20(15)22-25-21(23(26)29-22)14-16-6-10-18(11-7-16)30-31(27,28)19-12-8-17(24)9-13-19/h2-14H,1H3/b21-14-. The van der Waals surface area contributed by atoms with Crippen LogP contribution in [-0.4, -0.2) is 20.3 Å². The number of hydrogen-bond donors (Lipinski definition) is 0. The molecule has 4 rings (SSSR count). The average molecular weight is 437 g/mol. The molecule has 1 heterocycles. The molecule has 0 fully saturated rings. The van der Waals surface area contributed by atoms with Crippen molar-refractivity contribution in [2.75, 3.05) is 0 Å². The average Bonchev–Trinajstić information content (AvgIpc) is 3.10.